The van der Waals surface area contributed by atoms with Gasteiger partial charge in [-0.3, -0.25) is 10.1 Å². The third-order valence-corrected chi connectivity index (χ3v) is 7.71. The quantitative estimate of drug-likeness (QED) is 0.633. The summed E-state index contributed by atoms with van der Waals surface area (Å²) in [5.74, 6) is -0.783. The molecule has 10 heteroatoms. The van der Waals surface area contributed by atoms with Crippen LogP contribution in [0.4, 0.5) is 9.52 Å². The van der Waals surface area contributed by atoms with Crippen molar-refractivity contribution < 1.29 is 17.6 Å². The van der Waals surface area contributed by atoms with E-state index in [1.165, 1.54) is 39.9 Å². The molecular formula is C21H21FN4O3S2. The molecule has 0 saturated carbocycles. The number of carbonyl (C=O) groups is 1. The zero-order chi connectivity index (χ0) is 22.0. The number of aromatic nitrogens is 1. The van der Waals surface area contributed by atoms with Crippen molar-refractivity contribution >= 4 is 32.4 Å². The maximum Gasteiger partial charge on any atom is 0.257 e. The van der Waals surface area contributed by atoms with Crippen LogP contribution in [0.1, 0.15) is 10.4 Å². The van der Waals surface area contributed by atoms with E-state index in [2.05, 4.69) is 15.2 Å². The van der Waals surface area contributed by atoms with Gasteiger partial charge in [-0.15, -0.1) is 11.3 Å². The van der Waals surface area contributed by atoms with E-state index in [0.29, 0.717) is 37.0 Å². The molecule has 1 saturated heterocycles. The van der Waals surface area contributed by atoms with Crippen LogP contribution in [-0.4, -0.2) is 61.7 Å². The van der Waals surface area contributed by atoms with E-state index >= 15 is 0 Å². The lowest BCUT2D eigenvalue weighted by Gasteiger charge is -2.31. The average molecular weight is 461 g/mol. The van der Waals surface area contributed by atoms with Gasteiger partial charge in [0.2, 0.25) is 10.0 Å². The highest BCUT2D eigenvalue weighted by Crippen LogP contribution is 2.26. The summed E-state index contributed by atoms with van der Waals surface area (Å²) in [6.07, 6.45) is 0. The van der Waals surface area contributed by atoms with Gasteiger partial charge in [0.1, 0.15) is 5.82 Å². The van der Waals surface area contributed by atoms with Crippen LogP contribution in [0.2, 0.25) is 0 Å². The molecule has 31 heavy (non-hydrogen) atoms. The third-order valence-electron chi connectivity index (χ3n) is 5.06. The van der Waals surface area contributed by atoms with Gasteiger partial charge in [-0.05, 0) is 49.5 Å². The number of nitrogens with zero attached hydrogens (tertiary/aromatic N) is 3. The topological polar surface area (TPSA) is 82.6 Å². The van der Waals surface area contributed by atoms with Gasteiger partial charge in [0.15, 0.2) is 5.13 Å². The molecule has 162 valence electrons. The zero-order valence-corrected chi connectivity index (χ0v) is 18.4. The number of anilines is 1. The van der Waals surface area contributed by atoms with Crippen molar-refractivity contribution in [3.63, 3.8) is 0 Å². The van der Waals surface area contributed by atoms with Crippen LogP contribution in [0.3, 0.4) is 0 Å². The van der Waals surface area contributed by atoms with Crippen LogP contribution < -0.4 is 5.32 Å². The lowest BCUT2D eigenvalue weighted by atomic mass is 10.2. The molecule has 1 fully saturated rings. The summed E-state index contributed by atoms with van der Waals surface area (Å²) in [5.41, 5.74) is 1.58. The minimum atomic E-state index is -3.67. The summed E-state index contributed by atoms with van der Waals surface area (Å²) in [4.78, 5) is 19.2. The van der Waals surface area contributed by atoms with Gasteiger partial charge in [-0.25, -0.2) is 17.8 Å². The summed E-state index contributed by atoms with van der Waals surface area (Å²) in [5, 5.41) is 4.84. The van der Waals surface area contributed by atoms with E-state index < -0.39 is 15.9 Å². The van der Waals surface area contributed by atoms with Crippen LogP contribution in [-0.2, 0) is 10.0 Å². The SMILES string of the molecule is CN1CCN(S(=O)(=O)c2cccc(C(=O)Nc3nc(-c4ccc(F)cc4)cs3)c2)CC1. The molecule has 1 aliphatic heterocycles. The molecule has 0 bridgehead atoms. The van der Waals surface area contributed by atoms with Crippen molar-refractivity contribution in [1.82, 2.24) is 14.2 Å². The van der Waals surface area contributed by atoms with Crippen LogP contribution in [0.25, 0.3) is 11.3 Å². The highest BCUT2D eigenvalue weighted by molar-refractivity contribution is 7.89. The molecule has 1 aliphatic rings. The minimum Gasteiger partial charge on any atom is -0.304 e. The first-order chi connectivity index (χ1) is 14.8. The second-order valence-corrected chi connectivity index (χ2v) is 10.0. The first-order valence-electron chi connectivity index (χ1n) is 9.64. The second-order valence-electron chi connectivity index (χ2n) is 7.23. The molecule has 1 N–H and O–H groups in total. The molecular weight excluding hydrogens is 439 g/mol. The van der Waals surface area contributed by atoms with Crippen molar-refractivity contribution in [3.8, 4) is 11.3 Å². The largest absolute Gasteiger partial charge is 0.304 e. The fourth-order valence-electron chi connectivity index (χ4n) is 3.23. The number of carbonyl (C=O) groups excluding carboxylic acids is 1. The number of rotatable bonds is 5. The molecule has 0 atom stereocenters. The molecule has 2 heterocycles. The summed E-state index contributed by atoms with van der Waals surface area (Å²) in [6, 6.07) is 11.9. The highest BCUT2D eigenvalue weighted by atomic mass is 32.2. The lowest BCUT2D eigenvalue weighted by molar-refractivity contribution is 0.102. The van der Waals surface area contributed by atoms with E-state index in [9.17, 15) is 17.6 Å². The van der Waals surface area contributed by atoms with Crippen molar-refractivity contribution in [1.29, 1.82) is 0 Å². The fourth-order valence-corrected chi connectivity index (χ4v) is 5.41. The number of hydrogen-bond donors (Lipinski definition) is 1. The van der Waals surface area contributed by atoms with Crippen molar-refractivity contribution in [2.24, 2.45) is 0 Å². The normalized spacial score (nSPS) is 15.7. The van der Waals surface area contributed by atoms with Gasteiger partial charge in [-0.2, -0.15) is 4.31 Å². The molecule has 3 aromatic rings. The number of hydrogen-bond acceptors (Lipinski definition) is 6. The van der Waals surface area contributed by atoms with Gasteiger partial charge in [0, 0.05) is 42.7 Å². The summed E-state index contributed by atoms with van der Waals surface area (Å²) >= 11 is 1.24. The number of thiazole rings is 1. The molecule has 1 amide bonds. The van der Waals surface area contributed by atoms with E-state index in [4.69, 9.17) is 0 Å². The molecule has 1 aromatic heterocycles. The van der Waals surface area contributed by atoms with Crippen molar-refractivity contribution in [2.45, 2.75) is 4.90 Å². The van der Waals surface area contributed by atoms with E-state index in [1.807, 2.05) is 7.05 Å². The minimum absolute atomic E-state index is 0.0934. The molecule has 0 unspecified atom stereocenters. The fraction of sp³-hybridized carbons (Fsp3) is 0.238. The Morgan fingerprint density at radius 3 is 2.52 bits per heavy atom. The summed E-state index contributed by atoms with van der Waals surface area (Å²) in [7, 11) is -1.71. The number of benzene rings is 2. The Kier molecular flexibility index (Phi) is 6.15. The van der Waals surface area contributed by atoms with E-state index in [1.54, 1.807) is 29.6 Å². The molecule has 0 aliphatic carbocycles. The Morgan fingerprint density at radius 2 is 1.81 bits per heavy atom. The van der Waals surface area contributed by atoms with Crippen LogP contribution in [0.5, 0.6) is 0 Å². The highest BCUT2D eigenvalue weighted by Gasteiger charge is 2.28. The van der Waals surface area contributed by atoms with Gasteiger partial charge in [-0.1, -0.05) is 6.07 Å². The Balaban J connectivity index is 1.49. The third kappa shape index (κ3) is 4.82. The van der Waals surface area contributed by atoms with Crippen LogP contribution in [0.15, 0.2) is 58.8 Å². The number of nitrogens with one attached hydrogen (secondary N) is 1. The number of likely N-dealkylation sites (N-methyl/N-ethyl adjacent to an activating group) is 1. The first kappa shape index (κ1) is 21.6. The predicted octanol–water partition coefficient (Wildman–Crippen LogP) is 3.14. The maximum absolute atomic E-state index is 13.1. The standard InChI is InChI=1S/C21H21FN4O3S2/c1-25-9-11-26(12-10-25)31(28,29)18-4-2-3-16(13-18)20(27)24-21-23-19(14-30-21)15-5-7-17(22)8-6-15/h2-8,13-14H,9-12H2,1H3,(H,23,24,27). The van der Waals surface area contributed by atoms with Gasteiger partial charge < -0.3 is 4.90 Å². The first-order valence-corrected chi connectivity index (χ1v) is 12.0. The van der Waals surface area contributed by atoms with Crippen molar-refractivity contribution in [2.75, 3.05) is 38.5 Å². The maximum atomic E-state index is 13.1. The molecule has 4 rings (SSSR count). The average Bonchev–Trinajstić information content (AvgIpc) is 3.23. The Hall–Kier alpha value is -2.66. The van der Waals surface area contributed by atoms with Crippen molar-refractivity contribution in [3.05, 3.63) is 65.3 Å². The number of halogens is 1. The monoisotopic (exact) mass is 460 g/mol. The number of amides is 1. The lowest BCUT2D eigenvalue weighted by Crippen LogP contribution is -2.47. The van der Waals surface area contributed by atoms with E-state index in [-0.39, 0.29) is 16.3 Å². The van der Waals surface area contributed by atoms with E-state index in [0.717, 1.165) is 5.56 Å². The predicted molar refractivity (Wildman–Crippen MR) is 118 cm³/mol. The van der Waals surface area contributed by atoms with Gasteiger partial charge in [0.05, 0.1) is 10.6 Å². The Morgan fingerprint density at radius 1 is 1.10 bits per heavy atom. The van der Waals surface area contributed by atoms with Crippen LogP contribution in [0, 0.1) is 5.82 Å². The molecule has 0 radical (unpaired) electrons. The molecule has 0 spiro atoms. The summed E-state index contributed by atoms with van der Waals surface area (Å²) in [6.45, 7) is 2.17. The van der Waals surface area contributed by atoms with Gasteiger partial charge in [0.25, 0.3) is 5.91 Å². The zero-order valence-electron chi connectivity index (χ0n) is 16.8. The second kappa shape index (κ2) is 8.83. The Labute approximate surface area is 184 Å². The summed E-state index contributed by atoms with van der Waals surface area (Å²) < 4.78 is 40.4. The number of piperazine rings is 1. The molecule has 2 aromatic carbocycles. The Bertz CT molecular complexity index is 1190. The molecule has 7 nitrogen and oxygen atoms in total. The van der Waals surface area contributed by atoms with Gasteiger partial charge >= 0.3 is 0 Å². The number of sulfonamides is 1. The van der Waals surface area contributed by atoms with Crippen LogP contribution >= 0.6 is 11.3 Å². The smallest absolute Gasteiger partial charge is 0.257 e.